The third-order valence-electron chi connectivity index (χ3n) is 4.10. The molecule has 1 aromatic carbocycles. The Morgan fingerprint density at radius 3 is 2.56 bits per heavy atom. The predicted molar refractivity (Wildman–Crippen MR) is 89.1 cm³/mol. The standard InChI is InChI=1S/C18H25F3N2O2/c1-14(2)13-25-17(24)23-9-5-8-22(10-11-23)12-15-6-3-4-7-16(15)18(19,20)21/h3-4,6-7,14H,5,8-13H2,1-2H3. The predicted octanol–water partition coefficient (Wildman–Crippen LogP) is 4.01. The molecule has 7 heteroatoms. The maximum Gasteiger partial charge on any atom is 0.416 e. The monoisotopic (exact) mass is 358 g/mol. The molecule has 140 valence electrons. The molecule has 1 saturated heterocycles. The minimum atomic E-state index is -4.35. The molecule has 1 amide bonds. The first-order valence-corrected chi connectivity index (χ1v) is 8.56. The van der Waals surface area contributed by atoms with Gasteiger partial charge < -0.3 is 9.64 Å². The van der Waals surface area contributed by atoms with Gasteiger partial charge in [-0.1, -0.05) is 32.0 Å². The van der Waals surface area contributed by atoms with Crippen LogP contribution in [0.4, 0.5) is 18.0 Å². The average Bonchev–Trinajstić information content (AvgIpc) is 2.78. The van der Waals surface area contributed by atoms with Crippen molar-refractivity contribution in [2.75, 3.05) is 32.8 Å². The van der Waals surface area contributed by atoms with E-state index in [4.69, 9.17) is 4.74 Å². The van der Waals surface area contributed by atoms with Crippen molar-refractivity contribution in [3.05, 3.63) is 35.4 Å². The zero-order chi connectivity index (χ0) is 18.4. The molecule has 0 saturated carbocycles. The van der Waals surface area contributed by atoms with Gasteiger partial charge in [-0.25, -0.2) is 4.79 Å². The fourth-order valence-corrected chi connectivity index (χ4v) is 2.82. The summed E-state index contributed by atoms with van der Waals surface area (Å²) in [6.45, 7) is 6.75. The van der Waals surface area contributed by atoms with Crippen LogP contribution >= 0.6 is 0 Å². The van der Waals surface area contributed by atoms with Gasteiger partial charge in [-0.15, -0.1) is 0 Å². The lowest BCUT2D eigenvalue weighted by Crippen LogP contribution is -2.36. The van der Waals surface area contributed by atoms with Gasteiger partial charge in [0.25, 0.3) is 0 Å². The zero-order valence-corrected chi connectivity index (χ0v) is 14.7. The van der Waals surface area contributed by atoms with Gasteiger partial charge in [-0.3, -0.25) is 4.90 Å². The SMILES string of the molecule is CC(C)COC(=O)N1CCCN(Cc2ccccc2C(F)(F)F)CC1. The van der Waals surface area contributed by atoms with Crippen LogP contribution in [0.1, 0.15) is 31.4 Å². The molecule has 1 aliphatic heterocycles. The number of nitrogens with zero attached hydrogens (tertiary/aromatic N) is 2. The van der Waals surface area contributed by atoms with E-state index < -0.39 is 11.7 Å². The Morgan fingerprint density at radius 2 is 1.88 bits per heavy atom. The van der Waals surface area contributed by atoms with Gasteiger partial charge >= 0.3 is 12.3 Å². The molecule has 0 spiro atoms. The molecule has 0 aromatic heterocycles. The largest absolute Gasteiger partial charge is 0.449 e. The van der Waals surface area contributed by atoms with Gasteiger partial charge in [-0.05, 0) is 24.0 Å². The maximum atomic E-state index is 13.1. The summed E-state index contributed by atoms with van der Waals surface area (Å²) in [6, 6.07) is 5.66. The molecule has 1 aliphatic rings. The van der Waals surface area contributed by atoms with Crippen LogP contribution in [-0.2, 0) is 17.5 Å². The molecular weight excluding hydrogens is 333 g/mol. The quantitative estimate of drug-likeness (QED) is 0.815. The number of hydrogen-bond donors (Lipinski definition) is 0. The first kappa shape index (κ1) is 19.6. The Bertz CT molecular complexity index is 576. The smallest absolute Gasteiger partial charge is 0.416 e. The highest BCUT2D eigenvalue weighted by molar-refractivity contribution is 5.67. The third-order valence-corrected chi connectivity index (χ3v) is 4.10. The van der Waals surface area contributed by atoms with Crippen molar-refractivity contribution in [1.82, 2.24) is 9.80 Å². The van der Waals surface area contributed by atoms with Crippen molar-refractivity contribution in [3.8, 4) is 0 Å². The fraction of sp³-hybridized carbons (Fsp3) is 0.611. The molecule has 4 nitrogen and oxygen atoms in total. The van der Waals surface area contributed by atoms with Crippen molar-refractivity contribution >= 4 is 6.09 Å². The molecule has 0 bridgehead atoms. The van der Waals surface area contributed by atoms with Crippen molar-refractivity contribution < 1.29 is 22.7 Å². The van der Waals surface area contributed by atoms with E-state index in [1.165, 1.54) is 12.1 Å². The van der Waals surface area contributed by atoms with Crippen molar-refractivity contribution in [3.63, 3.8) is 0 Å². The third kappa shape index (κ3) is 5.92. The van der Waals surface area contributed by atoms with Gasteiger partial charge in [-0.2, -0.15) is 13.2 Å². The second-order valence-electron chi connectivity index (χ2n) is 6.74. The molecule has 1 fully saturated rings. The van der Waals surface area contributed by atoms with Gasteiger partial charge in [0.15, 0.2) is 0 Å². The summed E-state index contributed by atoms with van der Waals surface area (Å²) in [7, 11) is 0. The number of carbonyl (C=O) groups is 1. The van der Waals surface area contributed by atoms with E-state index in [0.29, 0.717) is 39.2 Å². The Kier molecular flexibility index (Phi) is 6.70. The van der Waals surface area contributed by atoms with Crippen LogP contribution in [0.15, 0.2) is 24.3 Å². The average molecular weight is 358 g/mol. The van der Waals surface area contributed by atoms with E-state index in [1.807, 2.05) is 18.7 Å². The summed E-state index contributed by atoms with van der Waals surface area (Å²) >= 11 is 0. The normalized spacial score (nSPS) is 16.8. The number of ether oxygens (including phenoxy) is 1. The molecule has 25 heavy (non-hydrogen) atoms. The summed E-state index contributed by atoms with van der Waals surface area (Å²) in [6.07, 6.45) is -3.98. The van der Waals surface area contributed by atoms with Crippen LogP contribution in [0.25, 0.3) is 0 Å². The number of carbonyl (C=O) groups excluding carboxylic acids is 1. The molecule has 0 aliphatic carbocycles. The summed E-state index contributed by atoms with van der Waals surface area (Å²) in [5.74, 6) is 0.270. The minimum Gasteiger partial charge on any atom is -0.449 e. The molecule has 0 N–H and O–H groups in total. The first-order chi connectivity index (χ1) is 11.8. The van der Waals surface area contributed by atoms with E-state index in [-0.39, 0.29) is 24.1 Å². The van der Waals surface area contributed by atoms with Crippen molar-refractivity contribution in [2.24, 2.45) is 5.92 Å². The van der Waals surface area contributed by atoms with Crippen LogP contribution < -0.4 is 0 Å². The molecule has 1 heterocycles. The van der Waals surface area contributed by atoms with E-state index in [9.17, 15) is 18.0 Å². The molecule has 2 rings (SSSR count). The highest BCUT2D eigenvalue weighted by Crippen LogP contribution is 2.32. The lowest BCUT2D eigenvalue weighted by molar-refractivity contribution is -0.138. The van der Waals surface area contributed by atoms with E-state index in [2.05, 4.69) is 0 Å². The number of hydrogen-bond acceptors (Lipinski definition) is 3. The Labute approximate surface area is 146 Å². The van der Waals surface area contributed by atoms with Crippen LogP contribution in [0.5, 0.6) is 0 Å². The molecule has 0 atom stereocenters. The Balaban J connectivity index is 1.95. The van der Waals surface area contributed by atoms with E-state index in [0.717, 1.165) is 6.07 Å². The summed E-state index contributed by atoms with van der Waals surface area (Å²) < 4.78 is 44.6. The molecular formula is C18H25F3N2O2. The zero-order valence-electron chi connectivity index (χ0n) is 14.7. The van der Waals surface area contributed by atoms with Crippen molar-refractivity contribution in [2.45, 2.75) is 33.0 Å². The van der Waals surface area contributed by atoms with Crippen LogP contribution in [0.3, 0.4) is 0 Å². The van der Waals surface area contributed by atoms with Crippen LogP contribution in [-0.4, -0.2) is 48.7 Å². The lowest BCUT2D eigenvalue weighted by Gasteiger charge is -2.23. The second kappa shape index (κ2) is 8.56. The number of alkyl halides is 3. The highest BCUT2D eigenvalue weighted by atomic mass is 19.4. The summed E-state index contributed by atoms with van der Waals surface area (Å²) in [4.78, 5) is 15.6. The van der Waals surface area contributed by atoms with E-state index >= 15 is 0 Å². The van der Waals surface area contributed by atoms with Crippen molar-refractivity contribution in [1.29, 1.82) is 0 Å². The van der Waals surface area contributed by atoms with Crippen LogP contribution in [0, 0.1) is 5.92 Å². The second-order valence-corrected chi connectivity index (χ2v) is 6.74. The number of benzene rings is 1. The Morgan fingerprint density at radius 1 is 1.16 bits per heavy atom. The first-order valence-electron chi connectivity index (χ1n) is 8.56. The Hall–Kier alpha value is -1.76. The van der Waals surface area contributed by atoms with Crippen LogP contribution in [0.2, 0.25) is 0 Å². The van der Waals surface area contributed by atoms with Gasteiger partial charge in [0, 0.05) is 32.7 Å². The molecule has 0 radical (unpaired) electrons. The maximum absolute atomic E-state index is 13.1. The lowest BCUT2D eigenvalue weighted by atomic mass is 10.1. The highest BCUT2D eigenvalue weighted by Gasteiger charge is 2.33. The van der Waals surface area contributed by atoms with E-state index in [1.54, 1.807) is 11.0 Å². The number of rotatable bonds is 4. The molecule has 1 aromatic rings. The fourth-order valence-electron chi connectivity index (χ4n) is 2.82. The summed E-state index contributed by atoms with van der Waals surface area (Å²) in [5, 5.41) is 0. The van der Waals surface area contributed by atoms with Gasteiger partial charge in [0.1, 0.15) is 0 Å². The minimum absolute atomic E-state index is 0.227. The topological polar surface area (TPSA) is 32.8 Å². The van der Waals surface area contributed by atoms with Gasteiger partial charge in [0.05, 0.1) is 12.2 Å². The van der Waals surface area contributed by atoms with Gasteiger partial charge in [0.2, 0.25) is 0 Å². The molecule has 0 unspecified atom stereocenters. The summed E-state index contributed by atoms with van der Waals surface area (Å²) in [5.41, 5.74) is -0.321. The number of halogens is 3. The number of amides is 1.